The highest BCUT2D eigenvalue weighted by molar-refractivity contribution is 5.96. The van der Waals surface area contributed by atoms with Crippen molar-refractivity contribution in [2.75, 3.05) is 19.8 Å². The Labute approximate surface area is 170 Å². The first kappa shape index (κ1) is 22.1. The minimum atomic E-state index is -0.598. The maximum absolute atomic E-state index is 11.9. The van der Waals surface area contributed by atoms with Crippen molar-refractivity contribution >= 4 is 17.7 Å². The van der Waals surface area contributed by atoms with Crippen LogP contribution in [0.25, 0.3) is 0 Å². The molecule has 3 amide bonds. The summed E-state index contributed by atoms with van der Waals surface area (Å²) in [4.78, 5) is 34.4. The number of hydrogen-bond donors (Lipinski definition) is 3. The summed E-state index contributed by atoms with van der Waals surface area (Å²) in [6.45, 7) is 1.38. The van der Waals surface area contributed by atoms with E-state index in [0.717, 1.165) is 12.0 Å². The molecule has 0 radical (unpaired) electrons. The summed E-state index contributed by atoms with van der Waals surface area (Å²) in [6.07, 6.45) is 1.93. The van der Waals surface area contributed by atoms with Gasteiger partial charge in [-0.2, -0.15) is 0 Å². The second-order valence-electron chi connectivity index (χ2n) is 6.57. The first-order valence-corrected chi connectivity index (χ1v) is 9.58. The lowest BCUT2D eigenvalue weighted by Crippen LogP contribution is -2.33. The normalized spacial score (nSPS) is 10.3. The summed E-state index contributed by atoms with van der Waals surface area (Å²) in [5, 5.41) is 5.27. The quantitative estimate of drug-likeness (QED) is 0.472. The number of benzene rings is 2. The predicted molar refractivity (Wildman–Crippen MR) is 110 cm³/mol. The molecule has 7 heteroatoms. The van der Waals surface area contributed by atoms with Gasteiger partial charge in [0.1, 0.15) is 0 Å². The molecular formula is C22H27N3O4. The summed E-state index contributed by atoms with van der Waals surface area (Å²) in [5.41, 5.74) is 7.53. The Morgan fingerprint density at radius 1 is 0.862 bits per heavy atom. The van der Waals surface area contributed by atoms with E-state index in [1.807, 2.05) is 18.2 Å². The number of ether oxygens (including phenoxy) is 1. The summed E-state index contributed by atoms with van der Waals surface area (Å²) in [5.74, 6) is -1.01. The zero-order valence-electron chi connectivity index (χ0n) is 16.4. The van der Waals surface area contributed by atoms with E-state index in [-0.39, 0.29) is 18.4 Å². The number of hydrogen-bond acceptors (Lipinski definition) is 4. The standard InChI is InChI=1S/C22H27N3O4/c23-20(26)16-25-22(28)19-10-8-18(9-11-19)15-24-21(27)7-4-13-29-14-12-17-5-2-1-3-6-17/h1-3,5-6,8-11H,4,7,12-16H2,(H2,23,26)(H,24,27)(H,25,28). The van der Waals surface area contributed by atoms with Gasteiger partial charge in [-0.25, -0.2) is 0 Å². The Kier molecular flexibility index (Phi) is 9.38. The molecule has 29 heavy (non-hydrogen) atoms. The van der Waals surface area contributed by atoms with Crippen LogP contribution >= 0.6 is 0 Å². The molecule has 0 spiro atoms. The molecule has 2 aromatic rings. The topological polar surface area (TPSA) is 111 Å². The molecule has 2 aromatic carbocycles. The third-order valence-electron chi connectivity index (χ3n) is 4.20. The maximum atomic E-state index is 11.9. The lowest BCUT2D eigenvalue weighted by atomic mass is 10.1. The van der Waals surface area contributed by atoms with E-state index in [1.165, 1.54) is 5.56 Å². The van der Waals surface area contributed by atoms with Crippen LogP contribution in [0.15, 0.2) is 54.6 Å². The summed E-state index contributed by atoms with van der Waals surface area (Å²) >= 11 is 0. The number of primary amides is 1. The van der Waals surface area contributed by atoms with Crippen molar-refractivity contribution in [3.05, 3.63) is 71.3 Å². The monoisotopic (exact) mass is 397 g/mol. The molecule has 0 aliphatic heterocycles. The van der Waals surface area contributed by atoms with E-state index < -0.39 is 5.91 Å². The number of carbonyl (C=O) groups is 3. The zero-order chi connectivity index (χ0) is 20.9. The lowest BCUT2D eigenvalue weighted by Gasteiger charge is -2.08. The number of nitrogens with one attached hydrogen (secondary N) is 2. The number of nitrogens with two attached hydrogens (primary N) is 1. The third kappa shape index (κ3) is 9.03. The van der Waals surface area contributed by atoms with Gasteiger partial charge < -0.3 is 21.1 Å². The molecule has 0 atom stereocenters. The van der Waals surface area contributed by atoms with Gasteiger partial charge in [-0.3, -0.25) is 14.4 Å². The minimum absolute atomic E-state index is 0.0417. The van der Waals surface area contributed by atoms with E-state index in [1.54, 1.807) is 24.3 Å². The molecule has 0 saturated heterocycles. The molecule has 0 saturated carbocycles. The van der Waals surface area contributed by atoms with Crippen molar-refractivity contribution in [1.82, 2.24) is 10.6 Å². The van der Waals surface area contributed by atoms with Crippen molar-refractivity contribution in [2.24, 2.45) is 5.73 Å². The number of rotatable bonds is 12. The molecule has 0 bridgehead atoms. The average Bonchev–Trinajstić information content (AvgIpc) is 2.74. The van der Waals surface area contributed by atoms with Crippen LogP contribution in [0.4, 0.5) is 0 Å². The van der Waals surface area contributed by atoms with E-state index in [0.29, 0.717) is 38.2 Å². The summed E-state index contributed by atoms with van der Waals surface area (Å²) in [6, 6.07) is 16.9. The molecule has 0 aromatic heterocycles. The summed E-state index contributed by atoms with van der Waals surface area (Å²) in [7, 11) is 0. The van der Waals surface area contributed by atoms with Gasteiger partial charge in [-0.05, 0) is 36.1 Å². The molecule has 154 valence electrons. The van der Waals surface area contributed by atoms with E-state index in [2.05, 4.69) is 22.8 Å². The van der Waals surface area contributed by atoms with Crippen molar-refractivity contribution in [3.63, 3.8) is 0 Å². The SMILES string of the molecule is NC(=O)CNC(=O)c1ccc(CNC(=O)CCCOCCc2ccccc2)cc1. The van der Waals surface area contributed by atoms with Crippen molar-refractivity contribution in [3.8, 4) is 0 Å². The molecule has 0 fully saturated rings. The van der Waals surface area contributed by atoms with Crippen LogP contribution in [0.1, 0.15) is 34.3 Å². The summed E-state index contributed by atoms with van der Waals surface area (Å²) < 4.78 is 5.57. The molecular weight excluding hydrogens is 370 g/mol. The number of amides is 3. The van der Waals surface area contributed by atoms with Crippen LogP contribution in [-0.2, 0) is 27.3 Å². The van der Waals surface area contributed by atoms with Crippen LogP contribution in [0, 0.1) is 0 Å². The van der Waals surface area contributed by atoms with Crippen molar-refractivity contribution in [1.29, 1.82) is 0 Å². The minimum Gasteiger partial charge on any atom is -0.381 e. The fourth-order valence-electron chi connectivity index (χ4n) is 2.60. The largest absolute Gasteiger partial charge is 0.381 e. The van der Waals surface area contributed by atoms with Crippen molar-refractivity contribution < 1.29 is 19.1 Å². The van der Waals surface area contributed by atoms with Crippen LogP contribution in [0.3, 0.4) is 0 Å². The molecule has 4 N–H and O–H groups in total. The molecule has 0 aliphatic carbocycles. The van der Waals surface area contributed by atoms with Crippen molar-refractivity contribution in [2.45, 2.75) is 25.8 Å². The second-order valence-corrected chi connectivity index (χ2v) is 6.57. The van der Waals surface area contributed by atoms with Crippen LogP contribution in [-0.4, -0.2) is 37.5 Å². The predicted octanol–water partition coefficient (Wildman–Crippen LogP) is 1.56. The van der Waals surface area contributed by atoms with Gasteiger partial charge >= 0.3 is 0 Å². The van der Waals surface area contributed by atoms with Crippen LogP contribution in [0.5, 0.6) is 0 Å². The molecule has 2 rings (SSSR count). The fraction of sp³-hybridized carbons (Fsp3) is 0.318. The highest BCUT2D eigenvalue weighted by atomic mass is 16.5. The van der Waals surface area contributed by atoms with Crippen LogP contribution < -0.4 is 16.4 Å². The molecule has 7 nitrogen and oxygen atoms in total. The Morgan fingerprint density at radius 2 is 1.59 bits per heavy atom. The van der Waals surface area contributed by atoms with Gasteiger partial charge in [-0.15, -0.1) is 0 Å². The van der Waals surface area contributed by atoms with E-state index in [4.69, 9.17) is 10.5 Å². The van der Waals surface area contributed by atoms with Gasteiger partial charge in [0.15, 0.2) is 0 Å². The Bertz CT molecular complexity index is 791. The fourth-order valence-corrected chi connectivity index (χ4v) is 2.60. The highest BCUT2D eigenvalue weighted by Crippen LogP contribution is 2.05. The Hall–Kier alpha value is -3.19. The van der Waals surface area contributed by atoms with Gasteiger partial charge in [0.05, 0.1) is 13.2 Å². The van der Waals surface area contributed by atoms with Gasteiger partial charge in [0.2, 0.25) is 11.8 Å². The van der Waals surface area contributed by atoms with Crippen LogP contribution in [0.2, 0.25) is 0 Å². The van der Waals surface area contributed by atoms with E-state index >= 15 is 0 Å². The molecule has 0 aliphatic rings. The Morgan fingerprint density at radius 3 is 2.28 bits per heavy atom. The van der Waals surface area contributed by atoms with E-state index in [9.17, 15) is 14.4 Å². The smallest absolute Gasteiger partial charge is 0.251 e. The highest BCUT2D eigenvalue weighted by Gasteiger charge is 2.07. The Balaban J connectivity index is 1.57. The first-order valence-electron chi connectivity index (χ1n) is 9.58. The van der Waals surface area contributed by atoms with Gasteiger partial charge in [0.25, 0.3) is 5.91 Å². The third-order valence-corrected chi connectivity index (χ3v) is 4.20. The maximum Gasteiger partial charge on any atom is 0.251 e. The van der Waals surface area contributed by atoms with Gasteiger partial charge in [0, 0.05) is 25.1 Å². The molecule has 0 heterocycles. The van der Waals surface area contributed by atoms with Gasteiger partial charge in [-0.1, -0.05) is 42.5 Å². The lowest BCUT2D eigenvalue weighted by molar-refractivity contribution is -0.121. The number of carbonyl (C=O) groups excluding carboxylic acids is 3. The second kappa shape index (κ2) is 12.3. The zero-order valence-corrected chi connectivity index (χ0v) is 16.4. The molecule has 0 unspecified atom stereocenters. The average molecular weight is 397 g/mol. The first-order chi connectivity index (χ1) is 14.0.